The second kappa shape index (κ2) is 4.85. The maximum Gasteiger partial charge on any atom is 0.338 e. The number of aromatic hydroxyl groups is 2. The Labute approximate surface area is 109 Å². The molecule has 0 fully saturated rings. The fourth-order valence-corrected chi connectivity index (χ4v) is 1.80. The number of anilines is 2. The molecule has 0 spiro atoms. The number of phenolic OH excluding ortho intramolecular Hbond substituents is 2. The van der Waals surface area contributed by atoms with Crippen molar-refractivity contribution in [3.05, 3.63) is 52.6 Å². The van der Waals surface area contributed by atoms with Gasteiger partial charge in [-0.1, -0.05) is 18.2 Å². The average Bonchev–Trinajstić information content (AvgIpc) is 2.41. The molecule has 19 heavy (non-hydrogen) atoms. The summed E-state index contributed by atoms with van der Waals surface area (Å²) in [5.74, 6) is -1.25. The number of hydrogen-bond donors (Lipinski definition) is 2. The van der Waals surface area contributed by atoms with Gasteiger partial charge in [-0.05, 0) is 24.3 Å². The normalized spacial score (nSPS) is 10.2. The van der Waals surface area contributed by atoms with Crippen LogP contribution in [0.25, 0.3) is 0 Å². The van der Waals surface area contributed by atoms with E-state index >= 15 is 0 Å². The van der Waals surface area contributed by atoms with Crippen molar-refractivity contribution < 1.29 is 15.1 Å². The second-order valence-corrected chi connectivity index (χ2v) is 3.95. The molecule has 0 aromatic heterocycles. The Bertz CT molecular complexity index is 614. The van der Waals surface area contributed by atoms with E-state index in [2.05, 4.69) is 0 Å². The Morgan fingerprint density at radius 2 is 1.74 bits per heavy atom. The highest BCUT2D eigenvalue weighted by Crippen LogP contribution is 2.43. The van der Waals surface area contributed by atoms with E-state index in [0.717, 1.165) is 5.69 Å². The molecule has 0 amide bonds. The summed E-state index contributed by atoms with van der Waals surface area (Å²) >= 11 is 0. The lowest BCUT2D eigenvalue weighted by Gasteiger charge is -2.19. The maximum absolute atomic E-state index is 11.0. The number of nitro benzene ring substituents is 1. The lowest BCUT2D eigenvalue weighted by atomic mass is 10.2. The molecule has 6 heteroatoms. The van der Waals surface area contributed by atoms with Crippen molar-refractivity contribution >= 4 is 17.1 Å². The summed E-state index contributed by atoms with van der Waals surface area (Å²) < 4.78 is 0. The minimum atomic E-state index is -0.731. The molecule has 2 N–H and O–H groups in total. The van der Waals surface area contributed by atoms with E-state index in [1.165, 1.54) is 12.1 Å². The monoisotopic (exact) mass is 260 g/mol. The summed E-state index contributed by atoms with van der Waals surface area (Å²) in [6, 6.07) is 11.6. The van der Waals surface area contributed by atoms with Crippen LogP contribution >= 0.6 is 0 Å². The minimum absolute atomic E-state index is 0.200. The zero-order chi connectivity index (χ0) is 14.0. The summed E-state index contributed by atoms with van der Waals surface area (Å²) in [6.45, 7) is 0. The highest BCUT2D eigenvalue weighted by molar-refractivity contribution is 5.77. The van der Waals surface area contributed by atoms with E-state index in [1.807, 2.05) is 6.07 Å². The van der Waals surface area contributed by atoms with Crippen LogP contribution in [0.1, 0.15) is 0 Å². The minimum Gasteiger partial charge on any atom is -0.504 e. The van der Waals surface area contributed by atoms with Crippen molar-refractivity contribution in [1.82, 2.24) is 0 Å². The summed E-state index contributed by atoms with van der Waals surface area (Å²) in [4.78, 5) is 11.9. The van der Waals surface area contributed by atoms with E-state index in [4.69, 9.17) is 0 Å². The fraction of sp³-hybridized carbons (Fsp3) is 0.0769. The zero-order valence-corrected chi connectivity index (χ0v) is 10.1. The number of rotatable bonds is 3. The molecule has 0 aliphatic rings. The van der Waals surface area contributed by atoms with Gasteiger partial charge in [0.1, 0.15) is 5.69 Å². The third kappa shape index (κ3) is 2.28. The zero-order valence-electron chi connectivity index (χ0n) is 10.1. The largest absolute Gasteiger partial charge is 0.504 e. The molecule has 0 atom stereocenters. The SMILES string of the molecule is CN(c1ccccc1)c1ccc(O)c(O)c1[N+](=O)[O-]. The molecule has 0 bridgehead atoms. The Balaban J connectivity index is 2.57. The average molecular weight is 260 g/mol. The number of benzene rings is 2. The van der Waals surface area contributed by atoms with Gasteiger partial charge in [0.15, 0.2) is 5.75 Å². The predicted molar refractivity (Wildman–Crippen MR) is 70.9 cm³/mol. The molecule has 0 heterocycles. The summed E-state index contributed by atoms with van der Waals surface area (Å²) in [5, 5.41) is 30.0. The molecule has 6 nitrogen and oxygen atoms in total. The summed E-state index contributed by atoms with van der Waals surface area (Å²) in [7, 11) is 1.65. The third-order valence-corrected chi connectivity index (χ3v) is 2.80. The molecule has 2 aromatic carbocycles. The summed E-state index contributed by atoms with van der Waals surface area (Å²) in [6.07, 6.45) is 0. The number of para-hydroxylation sites is 1. The lowest BCUT2D eigenvalue weighted by molar-refractivity contribution is -0.385. The van der Waals surface area contributed by atoms with Gasteiger partial charge in [-0.25, -0.2) is 0 Å². The van der Waals surface area contributed by atoms with E-state index in [-0.39, 0.29) is 5.69 Å². The van der Waals surface area contributed by atoms with Crippen molar-refractivity contribution in [3.63, 3.8) is 0 Å². The molecule has 2 rings (SSSR count). The first-order valence-corrected chi connectivity index (χ1v) is 5.50. The van der Waals surface area contributed by atoms with Crippen LogP contribution in [0.3, 0.4) is 0 Å². The first kappa shape index (κ1) is 12.7. The van der Waals surface area contributed by atoms with Crippen LogP contribution in [0.5, 0.6) is 11.5 Å². The highest BCUT2D eigenvalue weighted by atomic mass is 16.6. The quantitative estimate of drug-likeness (QED) is 0.503. The Morgan fingerprint density at radius 1 is 1.11 bits per heavy atom. The first-order valence-electron chi connectivity index (χ1n) is 5.50. The molecule has 0 radical (unpaired) electrons. The highest BCUT2D eigenvalue weighted by Gasteiger charge is 2.25. The van der Waals surface area contributed by atoms with Crippen LogP contribution in [-0.2, 0) is 0 Å². The van der Waals surface area contributed by atoms with Crippen molar-refractivity contribution in [2.24, 2.45) is 0 Å². The molecule has 98 valence electrons. The van der Waals surface area contributed by atoms with Gasteiger partial charge in [0.05, 0.1) is 4.92 Å². The number of phenols is 2. The van der Waals surface area contributed by atoms with Crippen LogP contribution in [0.2, 0.25) is 0 Å². The van der Waals surface area contributed by atoms with Gasteiger partial charge < -0.3 is 15.1 Å². The smallest absolute Gasteiger partial charge is 0.338 e. The maximum atomic E-state index is 11.0. The van der Waals surface area contributed by atoms with E-state index < -0.39 is 22.1 Å². The van der Waals surface area contributed by atoms with E-state index in [9.17, 15) is 20.3 Å². The first-order chi connectivity index (χ1) is 9.02. The predicted octanol–water partition coefficient (Wildman–Crippen LogP) is 2.77. The Morgan fingerprint density at radius 3 is 2.32 bits per heavy atom. The Kier molecular flexibility index (Phi) is 3.24. The number of nitro groups is 1. The van der Waals surface area contributed by atoms with Crippen LogP contribution in [0, 0.1) is 10.1 Å². The molecular weight excluding hydrogens is 248 g/mol. The van der Waals surface area contributed by atoms with Gasteiger partial charge in [-0.3, -0.25) is 10.1 Å². The van der Waals surface area contributed by atoms with E-state index in [0.29, 0.717) is 0 Å². The lowest BCUT2D eigenvalue weighted by Crippen LogP contribution is -2.11. The van der Waals surface area contributed by atoms with Gasteiger partial charge in [0, 0.05) is 12.7 Å². The Hall–Kier alpha value is -2.76. The van der Waals surface area contributed by atoms with Gasteiger partial charge in [-0.2, -0.15) is 0 Å². The third-order valence-electron chi connectivity index (χ3n) is 2.80. The van der Waals surface area contributed by atoms with Gasteiger partial charge in [0.2, 0.25) is 5.75 Å². The number of hydrogen-bond acceptors (Lipinski definition) is 5. The number of nitrogens with zero attached hydrogens (tertiary/aromatic N) is 2. The van der Waals surface area contributed by atoms with Crippen molar-refractivity contribution in [2.45, 2.75) is 0 Å². The standard InChI is InChI=1S/C13H12N2O4/c1-14(9-5-3-2-4-6-9)10-7-8-11(16)13(17)12(10)15(18)19/h2-8,16-17H,1H3. The van der Waals surface area contributed by atoms with Crippen LogP contribution in [-0.4, -0.2) is 22.2 Å². The van der Waals surface area contributed by atoms with Crippen molar-refractivity contribution in [3.8, 4) is 11.5 Å². The molecule has 0 saturated heterocycles. The fourth-order valence-electron chi connectivity index (χ4n) is 1.80. The second-order valence-electron chi connectivity index (χ2n) is 3.95. The molecule has 0 saturated carbocycles. The molecule has 0 unspecified atom stereocenters. The van der Waals surface area contributed by atoms with E-state index in [1.54, 1.807) is 36.2 Å². The van der Waals surface area contributed by atoms with Crippen LogP contribution in [0.4, 0.5) is 17.1 Å². The van der Waals surface area contributed by atoms with Crippen LogP contribution < -0.4 is 4.90 Å². The van der Waals surface area contributed by atoms with Crippen molar-refractivity contribution in [2.75, 3.05) is 11.9 Å². The topological polar surface area (TPSA) is 86.8 Å². The van der Waals surface area contributed by atoms with Gasteiger partial charge >= 0.3 is 5.69 Å². The van der Waals surface area contributed by atoms with Gasteiger partial charge in [-0.15, -0.1) is 0 Å². The molecule has 0 aliphatic carbocycles. The molecule has 2 aromatic rings. The molecule has 0 aliphatic heterocycles. The van der Waals surface area contributed by atoms with Gasteiger partial charge in [0.25, 0.3) is 0 Å². The molecular formula is C13H12N2O4. The van der Waals surface area contributed by atoms with Crippen molar-refractivity contribution in [1.29, 1.82) is 0 Å². The van der Waals surface area contributed by atoms with Crippen LogP contribution in [0.15, 0.2) is 42.5 Å². The summed E-state index contributed by atoms with van der Waals surface area (Å²) in [5.41, 5.74) is 0.411.